The van der Waals surface area contributed by atoms with Crippen molar-refractivity contribution in [2.24, 2.45) is 11.8 Å². The zero-order valence-electron chi connectivity index (χ0n) is 13.6. The molecule has 0 N–H and O–H groups in total. The number of aryl methyl sites for hydroxylation is 1. The van der Waals surface area contributed by atoms with Crippen molar-refractivity contribution in [2.75, 3.05) is 52.5 Å². The maximum Gasteiger partial charge on any atom is 0.320 e. The first-order valence-electron chi connectivity index (χ1n) is 8.44. The lowest BCUT2D eigenvalue weighted by Gasteiger charge is -2.31. The monoisotopic (exact) mass is 336 g/mol. The van der Waals surface area contributed by atoms with Gasteiger partial charge in [0.05, 0.1) is 23.9 Å². The normalized spacial score (nSPS) is 28.4. The van der Waals surface area contributed by atoms with E-state index in [0.29, 0.717) is 25.0 Å². The topological polar surface area (TPSA) is 48.9 Å². The lowest BCUT2D eigenvalue weighted by atomic mass is 10.0. The van der Waals surface area contributed by atoms with Crippen LogP contribution in [0.3, 0.4) is 0 Å². The molecule has 1 aromatic heterocycles. The summed E-state index contributed by atoms with van der Waals surface area (Å²) in [6.07, 6.45) is 0. The Morgan fingerprint density at radius 3 is 2.52 bits per heavy atom. The molecule has 3 saturated heterocycles. The van der Waals surface area contributed by atoms with Crippen LogP contribution in [-0.2, 0) is 11.3 Å². The zero-order chi connectivity index (χ0) is 15.8. The van der Waals surface area contributed by atoms with E-state index in [1.165, 1.54) is 5.69 Å². The number of rotatable bonds is 2. The van der Waals surface area contributed by atoms with Crippen molar-refractivity contribution in [2.45, 2.75) is 13.5 Å². The Hall–Kier alpha value is -1.18. The highest BCUT2D eigenvalue weighted by Crippen LogP contribution is 2.32. The maximum atomic E-state index is 12.6. The van der Waals surface area contributed by atoms with Crippen LogP contribution in [0.4, 0.5) is 4.79 Å². The van der Waals surface area contributed by atoms with Gasteiger partial charge in [0.15, 0.2) is 0 Å². The second-order valence-corrected chi connectivity index (χ2v) is 7.92. The van der Waals surface area contributed by atoms with Gasteiger partial charge in [-0.05, 0) is 18.8 Å². The molecule has 2 amide bonds. The van der Waals surface area contributed by atoms with E-state index in [1.807, 2.05) is 4.90 Å². The lowest BCUT2D eigenvalue weighted by Crippen LogP contribution is -2.48. The van der Waals surface area contributed by atoms with E-state index in [0.717, 1.165) is 50.8 Å². The summed E-state index contributed by atoms with van der Waals surface area (Å²) in [5.41, 5.74) is 1.19. The molecule has 3 aliphatic heterocycles. The van der Waals surface area contributed by atoms with Crippen molar-refractivity contribution < 1.29 is 9.53 Å². The van der Waals surface area contributed by atoms with E-state index < -0.39 is 0 Å². The summed E-state index contributed by atoms with van der Waals surface area (Å²) < 4.78 is 5.34. The summed E-state index contributed by atoms with van der Waals surface area (Å²) >= 11 is 1.72. The fraction of sp³-hybridized carbons (Fsp3) is 0.750. The van der Waals surface area contributed by atoms with Gasteiger partial charge in [-0.25, -0.2) is 9.78 Å². The average Bonchev–Trinajstić information content (AvgIpc) is 3.22. The second-order valence-electron chi connectivity index (χ2n) is 6.86. The van der Waals surface area contributed by atoms with Crippen molar-refractivity contribution in [3.63, 3.8) is 0 Å². The zero-order valence-corrected chi connectivity index (χ0v) is 14.4. The molecule has 3 aliphatic rings. The van der Waals surface area contributed by atoms with Gasteiger partial charge in [0.2, 0.25) is 0 Å². The molecule has 6 nitrogen and oxygen atoms in total. The summed E-state index contributed by atoms with van der Waals surface area (Å²) in [5, 5.41) is 3.30. The van der Waals surface area contributed by atoms with Crippen LogP contribution in [-0.4, -0.2) is 78.2 Å². The maximum absolute atomic E-state index is 12.6. The van der Waals surface area contributed by atoms with E-state index in [2.05, 4.69) is 27.1 Å². The summed E-state index contributed by atoms with van der Waals surface area (Å²) in [6, 6.07) is 0.212. The molecule has 1 aromatic rings. The minimum Gasteiger partial charge on any atom is -0.378 e. The van der Waals surface area contributed by atoms with E-state index in [1.54, 1.807) is 11.3 Å². The average molecular weight is 336 g/mol. The van der Waals surface area contributed by atoms with Crippen LogP contribution < -0.4 is 0 Å². The fourth-order valence-corrected chi connectivity index (χ4v) is 4.64. The molecule has 0 radical (unpaired) electrons. The molecule has 0 unspecified atom stereocenters. The molecular formula is C16H24N4O2S. The van der Waals surface area contributed by atoms with E-state index in [-0.39, 0.29) is 6.03 Å². The molecule has 0 aliphatic carbocycles. The van der Waals surface area contributed by atoms with Gasteiger partial charge in [-0.1, -0.05) is 0 Å². The van der Waals surface area contributed by atoms with E-state index in [4.69, 9.17) is 4.74 Å². The predicted molar refractivity (Wildman–Crippen MR) is 88.5 cm³/mol. The molecule has 0 aromatic carbocycles. The third-order valence-electron chi connectivity index (χ3n) is 5.17. The number of ether oxygens (including phenoxy) is 1. The number of carbonyl (C=O) groups is 1. The first-order chi connectivity index (χ1) is 11.2. The third-order valence-corrected chi connectivity index (χ3v) is 5.99. The molecule has 7 heteroatoms. The highest BCUT2D eigenvalue weighted by atomic mass is 32.1. The first-order valence-corrected chi connectivity index (χ1v) is 9.32. The van der Waals surface area contributed by atoms with Crippen LogP contribution in [0, 0.1) is 18.8 Å². The lowest BCUT2D eigenvalue weighted by molar-refractivity contribution is 0.0443. The van der Waals surface area contributed by atoms with Gasteiger partial charge in [0.1, 0.15) is 0 Å². The van der Waals surface area contributed by atoms with E-state index >= 15 is 0 Å². The predicted octanol–water partition coefficient (Wildman–Crippen LogP) is 1.27. The molecule has 0 saturated carbocycles. The van der Waals surface area contributed by atoms with Crippen LogP contribution in [0.25, 0.3) is 0 Å². The minimum atomic E-state index is 0.212. The van der Waals surface area contributed by atoms with Crippen molar-refractivity contribution in [3.8, 4) is 0 Å². The van der Waals surface area contributed by atoms with Crippen molar-refractivity contribution in [1.29, 1.82) is 0 Å². The number of amides is 2. The van der Waals surface area contributed by atoms with Gasteiger partial charge in [0.25, 0.3) is 0 Å². The third kappa shape index (κ3) is 3.22. The number of hydrogen-bond donors (Lipinski definition) is 0. The molecule has 3 fully saturated rings. The number of aromatic nitrogens is 1. The molecular weight excluding hydrogens is 312 g/mol. The second kappa shape index (κ2) is 6.37. The number of likely N-dealkylation sites (tertiary alicyclic amines) is 2. The molecule has 0 bridgehead atoms. The molecule has 0 spiro atoms. The number of carbonyl (C=O) groups excluding carboxylic acids is 1. The Kier molecular flexibility index (Phi) is 4.26. The summed E-state index contributed by atoms with van der Waals surface area (Å²) in [7, 11) is 0. The smallest absolute Gasteiger partial charge is 0.320 e. The number of morpholine rings is 1. The first kappa shape index (κ1) is 15.4. The van der Waals surface area contributed by atoms with Crippen LogP contribution in [0.1, 0.15) is 10.7 Å². The Bertz CT molecular complexity index is 558. The number of fused-ring (bicyclic) bond motifs is 1. The largest absolute Gasteiger partial charge is 0.378 e. The number of hydrogen-bond acceptors (Lipinski definition) is 5. The Morgan fingerprint density at radius 2 is 1.91 bits per heavy atom. The fourth-order valence-electron chi connectivity index (χ4n) is 4.04. The van der Waals surface area contributed by atoms with Gasteiger partial charge >= 0.3 is 6.03 Å². The minimum absolute atomic E-state index is 0.212. The summed E-state index contributed by atoms with van der Waals surface area (Å²) in [6.45, 7) is 9.83. The highest BCUT2D eigenvalue weighted by Gasteiger charge is 2.42. The number of urea groups is 1. The van der Waals surface area contributed by atoms with Crippen molar-refractivity contribution in [1.82, 2.24) is 19.7 Å². The molecule has 4 rings (SSSR count). The molecule has 2 atom stereocenters. The van der Waals surface area contributed by atoms with Crippen molar-refractivity contribution >= 4 is 17.4 Å². The Morgan fingerprint density at radius 1 is 1.22 bits per heavy atom. The summed E-state index contributed by atoms with van der Waals surface area (Å²) in [5.74, 6) is 1.25. The summed E-state index contributed by atoms with van der Waals surface area (Å²) in [4.78, 5) is 23.7. The van der Waals surface area contributed by atoms with Crippen LogP contribution in [0.15, 0.2) is 5.38 Å². The highest BCUT2D eigenvalue weighted by molar-refractivity contribution is 7.09. The number of thiazole rings is 1. The van der Waals surface area contributed by atoms with Crippen LogP contribution >= 0.6 is 11.3 Å². The van der Waals surface area contributed by atoms with Gasteiger partial charge in [0, 0.05) is 51.2 Å². The number of nitrogens with zero attached hydrogens (tertiary/aromatic N) is 4. The van der Waals surface area contributed by atoms with E-state index in [9.17, 15) is 4.79 Å². The molecule has 23 heavy (non-hydrogen) atoms. The SMILES string of the molecule is Cc1nc(CN2C[C@@H]3CN(C(=O)N4CCOCC4)C[C@@H]3C2)cs1. The van der Waals surface area contributed by atoms with Crippen molar-refractivity contribution in [3.05, 3.63) is 16.1 Å². The Balaban J connectivity index is 1.30. The van der Waals surface area contributed by atoms with Gasteiger partial charge in [-0.15, -0.1) is 11.3 Å². The van der Waals surface area contributed by atoms with Gasteiger partial charge in [-0.2, -0.15) is 0 Å². The Labute approximate surface area is 141 Å². The van der Waals surface area contributed by atoms with Crippen LogP contribution in [0.5, 0.6) is 0 Å². The van der Waals surface area contributed by atoms with Gasteiger partial charge in [-0.3, -0.25) is 4.90 Å². The van der Waals surface area contributed by atoms with Crippen LogP contribution in [0.2, 0.25) is 0 Å². The van der Waals surface area contributed by atoms with Gasteiger partial charge < -0.3 is 14.5 Å². The quantitative estimate of drug-likeness (QED) is 0.816. The molecule has 126 valence electrons. The molecule has 4 heterocycles. The standard InChI is InChI=1S/C16H24N4O2S/c1-12-17-15(11-23-12)10-18-6-13-8-20(9-14(13)7-18)16(21)19-2-4-22-5-3-19/h11,13-14H,2-10H2,1H3/t13-,14+.